The third-order valence-electron chi connectivity index (χ3n) is 2.49. The van der Waals surface area contributed by atoms with E-state index in [1.54, 1.807) is 12.1 Å². The molecule has 5 nitrogen and oxygen atoms in total. The van der Waals surface area contributed by atoms with E-state index < -0.39 is 11.7 Å². The highest BCUT2D eigenvalue weighted by Crippen LogP contribution is 2.14. The van der Waals surface area contributed by atoms with Crippen molar-refractivity contribution in [1.29, 1.82) is 0 Å². The molecule has 1 aromatic heterocycles. The monoisotopic (exact) mass is 266 g/mol. The zero-order valence-electron chi connectivity index (χ0n) is 9.62. The van der Waals surface area contributed by atoms with E-state index >= 15 is 0 Å². The summed E-state index contributed by atoms with van der Waals surface area (Å²) in [6.45, 7) is 0. The number of ether oxygens (including phenoxy) is 1. The molecular formula is C12H11ClN2O3. The van der Waals surface area contributed by atoms with Crippen LogP contribution < -0.4 is 5.69 Å². The minimum atomic E-state index is -0.572. The third-order valence-corrected chi connectivity index (χ3v) is 2.74. The van der Waals surface area contributed by atoms with Crippen LogP contribution in [0.4, 0.5) is 0 Å². The Hall–Kier alpha value is -2.01. The number of hydrogen-bond acceptors (Lipinski definition) is 3. The maximum Gasteiger partial charge on any atom is 0.356 e. The molecule has 0 unspecified atom stereocenters. The molecule has 1 aromatic carbocycles. The molecule has 2 aromatic rings. The van der Waals surface area contributed by atoms with Crippen LogP contribution in [0.5, 0.6) is 0 Å². The van der Waals surface area contributed by atoms with Gasteiger partial charge in [-0.15, -0.1) is 0 Å². The van der Waals surface area contributed by atoms with Gasteiger partial charge in [-0.05, 0) is 17.7 Å². The molecule has 94 valence electrons. The van der Waals surface area contributed by atoms with Crippen molar-refractivity contribution in [1.82, 2.24) is 9.97 Å². The van der Waals surface area contributed by atoms with Gasteiger partial charge in [0.2, 0.25) is 0 Å². The van der Waals surface area contributed by atoms with E-state index in [0.717, 1.165) is 5.56 Å². The summed E-state index contributed by atoms with van der Waals surface area (Å²) in [7, 11) is 1.26. The number of imidazole rings is 1. The van der Waals surface area contributed by atoms with Crippen molar-refractivity contribution in [2.45, 2.75) is 6.42 Å². The molecule has 2 rings (SSSR count). The zero-order chi connectivity index (χ0) is 13.1. The number of aromatic amines is 2. The van der Waals surface area contributed by atoms with Crippen LogP contribution in [0.2, 0.25) is 5.02 Å². The molecule has 2 N–H and O–H groups in total. The maximum absolute atomic E-state index is 11.5. The van der Waals surface area contributed by atoms with E-state index in [-0.39, 0.29) is 5.69 Å². The number of halogens is 1. The molecule has 0 fully saturated rings. The van der Waals surface area contributed by atoms with Crippen molar-refractivity contribution < 1.29 is 9.53 Å². The molecule has 1 heterocycles. The highest BCUT2D eigenvalue weighted by Gasteiger charge is 2.15. The smallest absolute Gasteiger partial charge is 0.356 e. The summed E-state index contributed by atoms with van der Waals surface area (Å²) in [5.41, 5.74) is 1.14. The molecule has 0 aliphatic rings. The van der Waals surface area contributed by atoms with Crippen LogP contribution in [-0.2, 0) is 11.2 Å². The predicted octanol–water partition coefficient (Wildman–Crippen LogP) is 1.73. The predicted molar refractivity (Wildman–Crippen MR) is 67.0 cm³/mol. The number of benzene rings is 1. The fourth-order valence-corrected chi connectivity index (χ4v) is 1.76. The van der Waals surface area contributed by atoms with Gasteiger partial charge in [0.05, 0.1) is 12.8 Å². The summed E-state index contributed by atoms with van der Waals surface area (Å²) >= 11 is 5.78. The van der Waals surface area contributed by atoms with E-state index in [2.05, 4.69) is 14.7 Å². The Morgan fingerprint density at radius 3 is 2.56 bits per heavy atom. The van der Waals surface area contributed by atoms with Gasteiger partial charge in [0.1, 0.15) is 5.69 Å². The van der Waals surface area contributed by atoms with Crippen LogP contribution in [0.3, 0.4) is 0 Å². The number of rotatable bonds is 3. The number of carbonyl (C=O) groups is 1. The van der Waals surface area contributed by atoms with Crippen LogP contribution in [-0.4, -0.2) is 23.0 Å². The summed E-state index contributed by atoms with van der Waals surface area (Å²) in [6, 6.07) is 7.16. The number of H-pyrrole nitrogens is 2. The first-order valence-electron chi connectivity index (χ1n) is 5.24. The largest absolute Gasteiger partial charge is 0.464 e. The SMILES string of the molecule is COC(=O)c1[nH]c(=O)[nH]c1Cc1ccc(Cl)cc1. The molecule has 0 aliphatic carbocycles. The van der Waals surface area contributed by atoms with Crippen molar-refractivity contribution in [3.05, 3.63) is 56.7 Å². The highest BCUT2D eigenvalue weighted by atomic mass is 35.5. The number of esters is 1. The highest BCUT2D eigenvalue weighted by molar-refractivity contribution is 6.30. The molecule has 0 spiro atoms. The Labute approximate surface area is 108 Å². The average molecular weight is 267 g/mol. The van der Waals surface area contributed by atoms with E-state index in [1.165, 1.54) is 7.11 Å². The van der Waals surface area contributed by atoms with Crippen LogP contribution in [0.15, 0.2) is 29.1 Å². The topological polar surface area (TPSA) is 75.0 Å². The van der Waals surface area contributed by atoms with Crippen molar-refractivity contribution in [2.24, 2.45) is 0 Å². The molecule has 0 saturated heterocycles. The summed E-state index contributed by atoms with van der Waals surface area (Å²) in [5, 5.41) is 0.634. The van der Waals surface area contributed by atoms with Crippen molar-refractivity contribution >= 4 is 17.6 Å². The van der Waals surface area contributed by atoms with Gasteiger partial charge in [-0.3, -0.25) is 4.98 Å². The number of methoxy groups -OCH3 is 1. The maximum atomic E-state index is 11.5. The quantitative estimate of drug-likeness (QED) is 0.831. The summed E-state index contributed by atoms with van der Waals surface area (Å²) in [4.78, 5) is 27.7. The second kappa shape index (κ2) is 5.10. The van der Waals surface area contributed by atoms with E-state index in [1.807, 2.05) is 12.1 Å². The number of hydrogen-bond donors (Lipinski definition) is 2. The Morgan fingerprint density at radius 1 is 1.28 bits per heavy atom. The van der Waals surface area contributed by atoms with Gasteiger partial charge in [0, 0.05) is 11.4 Å². The van der Waals surface area contributed by atoms with Gasteiger partial charge >= 0.3 is 11.7 Å². The van der Waals surface area contributed by atoms with Gasteiger partial charge in [-0.25, -0.2) is 9.59 Å². The van der Waals surface area contributed by atoms with Gasteiger partial charge in [0.25, 0.3) is 0 Å². The fraction of sp³-hybridized carbons (Fsp3) is 0.167. The lowest BCUT2D eigenvalue weighted by atomic mass is 10.1. The number of nitrogens with one attached hydrogen (secondary N) is 2. The second-order valence-electron chi connectivity index (χ2n) is 3.73. The third kappa shape index (κ3) is 2.62. The minimum absolute atomic E-state index is 0.150. The Bertz CT molecular complexity index is 613. The lowest BCUT2D eigenvalue weighted by Gasteiger charge is -2.02. The van der Waals surface area contributed by atoms with Crippen LogP contribution >= 0.6 is 11.6 Å². The Balaban J connectivity index is 2.31. The van der Waals surface area contributed by atoms with E-state index in [9.17, 15) is 9.59 Å². The standard InChI is InChI=1S/C12H11ClN2O3/c1-18-11(16)10-9(14-12(17)15-10)6-7-2-4-8(13)5-3-7/h2-5H,6H2,1H3,(H2,14,15,17). The van der Waals surface area contributed by atoms with Crippen molar-refractivity contribution in [3.8, 4) is 0 Å². The summed E-state index contributed by atoms with van der Waals surface area (Å²) in [5.74, 6) is -0.572. The normalized spacial score (nSPS) is 10.3. The van der Waals surface area contributed by atoms with Crippen LogP contribution in [0.25, 0.3) is 0 Å². The molecule has 0 bridgehead atoms. The summed E-state index contributed by atoms with van der Waals surface area (Å²) in [6.07, 6.45) is 0.417. The molecule has 18 heavy (non-hydrogen) atoms. The first-order valence-corrected chi connectivity index (χ1v) is 5.62. The molecule has 6 heteroatoms. The lowest BCUT2D eigenvalue weighted by molar-refractivity contribution is 0.0593. The number of carbonyl (C=O) groups excluding carboxylic acids is 1. The van der Waals surface area contributed by atoms with E-state index in [0.29, 0.717) is 17.1 Å². The van der Waals surface area contributed by atoms with Crippen molar-refractivity contribution in [3.63, 3.8) is 0 Å². The average Bonchev–Trinajstić information content (AvgIpc) is 2.72. The molecule has 0 saturated carbocycles. The van der Waals surface area contributed by atoms with E-state index in [4.69, 9.17) is 11.6 Å². The van der Waals surface area contributed by atoms with Gasteiger partial charge in [-0.2, -0.15) is 0 Å². The molecule has 0 atom stereocenters. The first kappa shape index (κ1) is 12.4. The number of aromatic nitrogens is 2. The van der Waals surface area contributed by atoms with Crippen LogP contribution in [0, 0.1) is 0 Å². The zero-order valence-corrected chi connectivity index (χ0v) is 10.4. The molecular weight excluding hydrogens is 256 g/mol. The molecule has 0 radical (unpaired) electrons. The Morgan fingerprint density at radius 2 is 1.94 bits per heavy atom. The lowest BCUT2D eigenvalue weighted by Crippen LogP contribution is -2.07. The van der Waals surface area contributed by atoms with Gasteiger partial charge < -0.3 is 9.72 Å². The van der Waals surface area contributed by atoms with Gasteiger partial charge in [-0.1, -0.05) is 23.7 Å². The van der Waals surface area contributed by atoms with Gasteiger partial charge in [0.15, 0.2) is 0 Å². The first-order chi connectivity index (χ1) is 8.60. The van der Waals surface area contributed by atoms with Crippen molar-refractivity contribution in [2.75, 3.05) is 7.11 Å². The molecule has 0 aliphatic heterocycles. The van der Waals surface area contributed by atoms with Crippen LogP contribution in [0.1, 0.15) is 21.7 Å². The molecule has 0 amide bonds. The fourth-order valence-electron chi connectivity index (χ4n) is 1.64. The minimum Gasteiger partial charge on any atom is -0.464 e. The summed E-state index contributed by atoms with van der Waals surface area (Å²) < 4.78 is 4.60. The Kier molecular flexibility index (Phi) is 3.53. The second-order valence-corrected chi connectivity index (χ2v) is 4.16.